The van der Waals surface area contributed by atoms with Crippen molar-refractivity contribution in [2.24, 2.45) is 0 Å². The van der Waals surface area contributed by atoms with Gasteiger partial charge in [0, 0.05) is 32.1 Å². The van der Waals surface area contributed by atoms with E-state index in [-0.39, 0.29) is 18.1 Å². The number of fused-ring (bicyclic) bond motifs is 1. The molecule has 31 heavy (non-hydrogen) atoms. The van der Waals surface area contributed by atoms with E-state index in [0.717, 1.165) is 47.8 Å². The molecule has 4 aromatic rings. The van der Waals surface area contributed by atoms with Crippen molar-refractivity contribution < 1.29 is 9.18 Å². The monoisotopic (exact) mass is 438 g/mol. The predicted molar refractivity (Wildman–Crippen MR) is 119 cm³/mol. The molecular formula is C22H23FN6OS. The van der Waals surface area contributed by atoms with Gasteiger partial charge in [-0.3, -0.25) is 9.78 Å². The number of para-hydroxylation sites is 2. The van der Waals surface area contributed by atoms with Gasteiger partial charge in [0.05, 0.1) is 34.0 Å². The molecule has 0 aliphatic rings. The Morgan fingerprint density at radius 2 is 1.97 bits per heavy atom. The van der Waals surface area contributed by atoms with E-state index in [0.29, 0.717) is 10.6 Å². The summed E-state index contributed by atoms with van der Waals surface area (Å²) in [5.74, 6) is 0.268. The van der Waals surface area contributed by atoms with Crippen LogP contribution in [0.5, 0.6) is 0 Å². The lowest BCUT2D eigenvalue weighted by atomic mass is 10.3. The number of benzene rings is 1. The summed E-state index contributed by atoms with van der Waals surface area (Å²) < 4.78 is 13.7. The number of hydrogen-bond acceptors (Lipinski definition) is 6. The molecule has 0 aliphatic heterocycles. The highest BCUT2D eigenvalue weighted by Gasteiger charge is 2.16. The van der Waals surface area contributed by atoms with Gasteiger partial charge in [-0.15, -0.1) is 11.3 Å². The zero-order chi connectivity index (χ0) is 21.6. The van der Waals surface area contributed by atoms with Crippen molar-refractivity contribution in [1.29, 1.82) is 0 Å². The minimum Gasteiger partial charge on any atom is -0.346 e. The maximum absolute atomic E-state index is 13.7. The van der Waals surface area contributed by atoms with Gasteiger partial charge in [0.2, 0.25) is 0 Å². The minimum atomic E-state index is -0.432. The first-order valence-corrected chi connectivity index (χ1v) is 10.9. The molecule has 3 aromatic heterocycles. The molecular weight excluding hydrogens is 415 g/mol. The van der Waals surface area contributed by atoms with Crippen molar-refractivity contribution in [3.63, 3.8) is 0 Å². The number of halogens is 1. The van der Waals surface area contributed by atoms with E-state index in [4.69, 9.17) is 0 Å². The zero-order valence-electron chi connectivity index (χ0n) is 17.1. The van der Waals surface area contributed by atoms with Gasteiger partial charge in [-0.05, 0) is 31.2 Å². The Labute approximate surface area is 183 Å². The number of aromatic nitrogens is 4. The van der Waals surface area contributed by atoms with E-state index in [1.54, 1.807) is 0 Å². The second kappa shape index (κ2) is 9.76. The van der Waals surface area contributed by atoms with E-state index >= 15 is 0 Å². The molecule has 9 heteroatoms. The van der Waals surface area contributed by atoms with Crippen LogP contribution in [0.3, 0.4) is 0 Å². The Kier molecular flexibility index (Phi) is 6.63. The molecule has 3 heterocycles. The molecule has 160 valence electrons. The van der Waals surface area contributed by atoms with Gasteiger partial charge in [0.1, 0.15) is 16.5 Å². The molecule has 7 nitrogen and oxygen atoms in total. The average molecular weight is 439 g/mol. The number of rotatable bonds is 9. The summed E-state index contributed by atoms with van der Waals surface area (Å²) in [4.78, 5) is 29.3. The summed E-state index contributed by atoms with van der Waals surface area (Å²) >= 11 is 1.37. The summed E-state index contributed by atoms with van der Waals surface area (Å²) in [7, 11) is 0. The van der Waals surface area contributed by atoms with Crippen LogP contribution in [0.15, 0.2) is 42.6 Å². The second-order valence-electron chi connectivity index (χ2n) is 7.09. The number of amides is 1. The maximum Gasteiger partial charge on any atom is 0.263 e. The largest absolute Gasteiger partial charge is 0.346 e. The van der Waals surface area contributed by atoms with Crippen LogP contribution in [0.25, 0.3) is 11.0 Å². The number of imidazole rings is 1. The van der Waals surface area contributed by atoms with Gasteiger partial charge in [0.15, 0.2) is 0 Å². The topological polar surface area (TPSA) is 95.6 Å². The fraction of sp³-hybridized carbons (Fsp3) is 0.273. The van der Waals surface area contributed by atoms with Crippen LogP contribution in [-0.4, -0.2) is 38.9 Å². The van der Waals surface area contributed by atoms with Crippen molar-refractivity contribution in [2.75, 3.05) is 13.1 Å². The molecule has 4 rings (SSSR count). The summed E-state index contributed by atoms with van der Waals surface area (Å²) in [5.41, 5.74) is 2.92. The first-order valence-electron chi connectivity index (χ1n) is 10.1. The van der Waals surface area contributed by atoms with Gasteiger partial charge in [-0.25, -0.2) is 14.4 Å². The summed E-state index contributed by atoms with van der Waals surface area (Å²) in [6, 6.07) is 10.8. The van der Waals surface area contributed by atoms with E-state index in [2.05, 4.69) is 30.6 Å². The van der Waals surface area contributed by atoms with Crippen LogP contribution in [-0.2, 0) is 19.4 Å². The van der Waals surface area contributed by atoms with Crippen LogP contribution in [0.2, 0.25) is 0 Å². The third-order valence-corrected chi connectivity index (χ3v) is 6.01. The van der Waals surface area contributed by atoms with Crippen LogP contribution < -0.4 is 10.6 Å². The molecule has 0 saturated heterocycles. The third-order valence-electron chi connectivity index (χ3n) is 4.79. The van der Waals surface area contributed by atoms with Crippen molar-refractivity contribution in [3.05, 3.63) is 75.5 Å². The average Bonchev–Trinajstić information content (AvgIpc) is 3.35. The number of aromatic amines is 1. The number of carbonyl (C=O) groups excluding carboxylic acids is 1. The van der Waals surface area contributed by atoms with Gasteiger partial charge in [-0.1, -0.05) is 12.1 Å². The van der Waals surface area contributed by atoms with Crippen LogP contribution in [0.1, 0.15) is 31.9 Å². The Morgan fingerprint density at radius 1 is 1.13 bits per heavy atom. The lowest BCUT2D eigenvalue weighted by Gasteiger charge is -2.04. The molecule has 0 atom stereocenters. The van der Waals surface area contributed by atoms with E-state index in [1.165, 1.54) is 29.7 Å². The maximum atomic E-state index is 13.7. The lowest BCUT2D eigenvalue weighted by molar-refractivity contribution is 0.0953. The van der Waals surface area contributed by atoms with E-state index < -0.39 is 5.82 Å². The van der Waals surface area contributed by atoms with Gasteiger partial charge >= 0.3 is 0 Å². The van der Waals surface area contributed by atoms with Crippen molar-refractivity contribution >= 4 is 28.3 Å². The third kappa shape index (κ3) is 5.31. The quantitative estimate of drug-likeness (QED) is 0.349. The first-order chi connectivity index (χ1) is 15.1. The number of nitrogens with one attached hydrogen (secondary N) is 3. The van der Waals surface area contributed by atoms with Gasteiger partial charge in [0.25, 0.3) is 5.91 Å². The summed E-state index contributed by atoms with van der Waals surface area (Å²) in [5, 5.41) is 7.00. The normalized spacial score (nSPS) is 11.2. The molecule has 1 amide bonds. The van der Waals surface area contributed by atoms with E-state index in [9.17, 15) is 9.18 Å². The van der Waals surface area contributed by atoms with Gasteiger partial charge in [-0.2, -0.15) is 0 Å². The minimum absolute atomic E-state index is 0.0432. The highest BCUT2D eigenvalue weighted by Crippen LogP contribution is 2.18. The number of carbonyl (C=O) groups is 1. The van der Waals surface area contributed by atoms with Crippen molar-refractivity contribution in [1.82, 2.24) is 30.6 Å². The number of aryl methyl sites for hydroxylation is 1. The highest BCUT2D eigenvalue weighted by molar-refractivity contribution is 7.13. The SMILES string of the molecule is Cc1nc(CCNCCc2nc3ccccc3[nH]2)sc1C(=O)NCc1ncccc1F. The van der Waals surface area contributed by atoms with Crippen molar-refractivity contribution in [3.8, 4) is 0 Å². The standard InChI is InChI=1S/C22H23FN6OS/c1-14-21(22(30)26-13-18-15(23)5-4-10-25-18)31-20(27-14)9-12-24-11-8-19-28-16-6-2-3-7-17(16)29-19/h2-7,10,24H,8-9,11-13H2,1H3,(H,26,30)(H,28,29). The molecule has 0 fully saturated rings. The second-order valence-corrected chi connectivity index (χ2v) is 8.17. The smallest absolute Gasteiger partial charge is 0.263 e. The predicted octanol–water partition coefficient (Wildman–Crippen LogP) is 3.17. The molecule has 0 saturated carbocycles. The van der Waals surface area contributed by atoms with E-state index in [1.807, 2.05) is 31.2 Å². The fourth-order valence-electron chi connectivity index (χ4n) is 3.21. The number of nitrogens with zero attached hydrogens (tertiary/aromatic N) is 3. The molecule has 1 aromatic carbocycles. The number of pyridine rings is 1. The molecule has 0 bridgehead atoms. The van der Waals surface area contributed by atoms with Crippen LogP contribution in [0.4, 0.5) is 4.39 Å². The molecule has 0 unspecified atom stereocenters. The number of thiazole rings is 1. The Hall–Kier alpha value is -3.17. The zero-order valence-corrected chi connectivity index (χ0v) is 17.9. The Bertz CT molecular complexity index is 1150. The van der Waals surface area contributed by atoms with Crippen LogP contribution in [0, 0.1) is 12.7 Å². The molecule has 3 N–H and O–H groups in total. The number of hydrogen-bond donors (Lipinski definition) is 3. The fourth-order valence-corrected chi connectivity index (χ4v) is 4.19. The summed E-state index contributed by atoms with van der Waals surface area (Å²) in [6.07, 6.45) is 3.04. The van der Waals surface area contributed by atoms with Crippen LogP contribution >= 0.6 is 11.3 Å². The Morgan fingerprint density at radius 3 is 2.81 bits per heavy atom. The molecule has 0 radical (unpaired) electrons. The summed E-state index contributed by atoms with van der Waals surface area (Å²) in [6.45, 7) is 3.41. The number of H-pyrrole nitrogens is 1. The molecule has 0 aliphatic carbocycles. The molecule has 0 spiro atoms. The van der Waals surface area contributed by atoms with Gasteiger partial charge < -0.3 is 15.6 Å². The van der Waals surface area contributed by atoms with Crippen molar-refractivity contribution in [2.45, 2.75) is 26.3 Å². The first kappa shape index (κ1) is 21.1. The highest BCUT2D eigenvalue weighted by atomic mass is 32.1. The Balaban J connectivity index is 1.23. The lowest BCUT2D eigenvalue weighted by Crippen LogP contribution is -2.23.